The molecule has 5 nitrogen and oxygen atoms in total. The Morgan fingerprint density at radius 2 is 2.00 bits per heavy atom. The van der Waals surface area contributed by atoms with E-state index in [2.05, 4.69) is 34.1 Å². The van der Waals surface area contributed by atoms with E-state index in [9.17, 15) is 4.79 Å². The molecular formula is C22H29N3O2. The fraction of sp³-hybridized carbons (Fsp3) is 0.591. The molecular weight excluding hydrogens is 338 g/mol. The number of hydrogen-bond acceptors (Lipinski definition) is 4. The van der Waals surface area contributed by atoms with E-state index in [0.717, 1.165) is 24.4 Å². The van der Waals surface area contributed by atoms with Crippen LogP contribution in [0.1, 0.15) is 62.7 Å². The molecule has 0 N–H and O–H groups in total. The van der Waals surface area contributed by atoms with Crippen LogP contribution in [0.25, 0.3) is 0 Å². The molecule has 2 heterocycles. The van der Waals surface area contributed by atoms with Gasteiger partial charge < -0.3 is 9.42 Å². The highest BCUT2D eigenvalue weighted by Gasteiger charge is 2.39. The Morgan fingerprint density at radius 3 is 2.85 bits per heavy atom. The molecule has 0 spiro atoms. The smallest absolute Gasteiger partial charge is 0.227 e. The standard InChI is InChI=1S/C22H29N3O2/c1-16-13-14-25(19-10-6-5-9-18(16)19)22(26)12-11-21-23-20(24-27-21)15-17-7-3-2-4-8-17/h2-4,7-8,16,18-19H,5-6,9-15H2,1H3/t16-,18+,19+/m1/s1. The highest BCUT2D eigenvalue weighted by molar-refractivity contribution is 5.76. The van der Waals surface area contributed by atoms with Gasteiger partial charge in [0, 0.05) is 31.8 Å². The molecule has 0 radical (unpaired) electrons. The molecule has 1 aromatic heterocycles. The van der Waals surface area contributed by atoms with Gasteiger partial charge in [0.05, 0.1) is 0 Å². The lowest BCUT2D eigenvalue weighted by Crippen LogP contribution is -2.52. The van der Waals surface area contributed by atoms with Crippen molar-refractivity contribution >= 4 is 5.91 Å². The van der Waals surface area contributed by atoms with Crippen molar-refractivity contribution in [2.75, 3.05) is 6.54 Å². The largest absolute Gasteiger partial charge is 0.339 e. The number of fused-ring (bicyclic) bond motifs is 1. The van der Waals surface area contributed by atoms with E-state index in [1.807, 2.05) is 18.2 Å². The van der Waals surface area contributed by atoms with Crippen LogP contribution in [0.4, 0.5) is 0 Å². The first-order valence-electron chi connectivity index (χ1n) is 10.4. The van der Waals surface area contributed by atoms with Gasteiger partial charge in [-0.25, -0.2) is 0 Å². The van der Waals surface area contributed by atoms with E-state index in [0.29, 0.717) is 42.9 Å². The molecule has 1 aromatic carbocycles. The summed E-state index contributed by atoms with van der Waals surface area (Å²) in [6, 6.07) is 10.6. The average Bonchev–Trinajstić information content (AvgIpc) is 3.15. The third-order valence-corrected chi connectivity index (χ3v) is 6.33. The summed E-state index contributed by atoms with van der Waals surface area (Å²) in [7, 11) is 0. The second-order valence-corrected chi connectivity index (χ2v) is 8.14. The molecule has 2 aliphatic rings. The SMILES string of the molecule is C[C@@H]1CCN(C(=O)CCc2nc(Cc3ccccc3)no2)[C@H]2CCCC[C@@H]12. The molecule has 0 bridgehead atoms. The van der Waals surface area contributed by atoms with Crippen molar-refractivity contribution in [3.05, 3.63) is 47.6 Å². The fourth-order valence-corrected chi connectivity index (χ4v) is 4.82. The Morgan fingerprint density at radius 1 is 1.19 bits per heavy atom. The summed E-state index contributed by atoms with van der Waals surface area (Å²) in [5.41, 5.74) is 1.16. The number of nitrogens with zero attached hydrogens (tertiary/aromatic N) is 3. The Bertz CT molecular complexity index is 758. The minimum atomic E-state index is 0.251. The van der Waals surface area contributed by atoms with Crippen LogP contribution in [-0.4, -0.2) is 33.5 Å². The minimum absolute atomic E-state index is 0.251. The first-order valence-corrected chi connectivity index (χ1v) is 10.4. The van der Waals surface area contributed by atoms with Gasteiger partial charge in [-0.15, -0.1) is 0 Å². The maximum atomic E-state index is 12.9. The number of piperidine rings is 1. The van der Waals surface area contributed by atoms with Gasteiger partial charge in [-0.3, -0.25) is 4.79 Å². The number of hydrogen-bond donors (Lipinski definition) is 0. The van der Waals surface area contributed by atoms with Gasteiger partial charge in [-0.05, 0) is 36.7 Å². The number of amides is 1. The van der Waals surface area contributed by atoms with Crippen LogP contribution in [0.2, 0.25) is 0 Å². The molecule has 2 aromatic rings. The Hall–Kier alpha value is -2.17. The average molecular weight is 367 g/mol. The first kappa shape index (κ1) is 18.2. The normalized spacial score (nSPS) is 25.2. The van der Waals surface area contributed by atoms with E-state index in [1.54, 1.807) is 0 Å². The number of benzene rings is 1. The van der Waals surface area contributed by atoms with Crippen LogP contribution in [0.15, 0.2) is 34.9 Å². The quantitative estimate of drug-likeness (QED) is 0.801. The van der Waals surface area contributed by atoms with Crippen molar-refractivity contribution < 1.29 is 9.32 Å². The zero-order valence-corrected chi connectivity index (χ0v) is 16.1. The summed E-state index contributed by atoms with van der Waals surface area (Å²) in [5.74, 6) is 2.94. The van der Waals surface area contributed by atoms with Crippen molar-refractivity contribution in [1.29, 1.82) is 0 Å². The first-order chi connectivity index (χ1) is 13.2. The Labute approximate surface area is 161 Å². The van der Waals surface area contributed by atoms with Gasteiger partial charge in [-0.1, -0.05) is 55.3 Å². The van der Waals surface area contributed by atoms with Crippen LogP contribution in [-0.2, 0) is 17.6 Å². The highest BCUT2D eigenvalue weighted by Crippen LogP contribution is 2.39. The lowest BCUT2D eigenvalue weighted by Gasteiger charge is -2.47. The van der Waals surface area contributed by atoms with E-state index in [4.69, 9.17) is 4.52 Å². The number of aryl methyl sites for hydroxylation is 1. The van der Waals surface area contributed by atoms with E-state index in [1.165, 1.54) is 25.7 Å². The molecule has 5 heteroatoms. The predicted molar refractivity (Wildman–Crippen MR) is 103 cm³/mol. The van der Waals surface area contributed by atoms with Crippen molar-refractivity contribution in [1.82, 2.24) is 15.0 Å². The summed E-state index contributed by atoms with van der Waals surface area (Å²) in [4.78, 5) is 19.5. The van der Waals surface area contributed by atoms with Crippen molar-refractivity contribution in [3.8, 4) is 0 Å². The molecule has 1 saturated carbocycles. The van der Waals surface area contributed by atoms with E-state index >= 15 is 0 Å². The van der Waals surface area contributed by atoms with Crippen molar-refractivity contribution in [2.24, 2.45) is 11.8 Å². The summed E-state index contributed by atoms with van der Waals surface area (Å²) in [5, 5.41) is 4.07. The fourth-order valence-electron chi connectivity index (χ4n) is 4.82. The van der Waals surface area contributed by atoms with Gasteiger partial charge in [0.2, 0.25) is 11.8 Å². The minimum Gasteiger partial charge on any atom is -0.339 e. The van der Waals surface area contributed by atoms with E-state index < -0.39 is 0 Å². The molecule has 2 fully saturated rings. The molecule has 0 unspecified atom stereocenters. The molecule has 1 aliphatic heterocycles. The number of carbonyl (C=O) groups is 1. The lowest BCUT2D eigenvalue weighted by molar-refractivity contribution is -0.139. The second-order valence-electron chi connectivity index (χ2n) is 8.14. The van der Waals surface area contributed by atoms with Crippen molar-refractivity contribution in [3.63, 3.8) is 0 Å². The summed E-state index contributed by atoms with van der Waals surface area (Å²) in [6.07, 6.45) is 7.81. The molecule has 4 rings (SSSR count). The molecule has 1 amide bonds. The molecule has 3 atom stereocenters. The number of carbonyl (C=O) groups excluding carboxylic acids is 1. The summed E-state index contributed by atoms with van der Waals surface area (Å²) in [6.45, 7) is 3.27. The zero-order chi connectivity index (χ0) is 18.6. The topological polar surface area (TPSA) is 59.2 Å². The Balaban J connectivity index is 1.33. The van der Waals surface area contributed by atoms with Crippen LogP contribution >= 0.6 is 0 Å². The van der Waals surface area contributed by atoms with Crippen LogP contribution in [0.3, 0.4) is 0 Å². The highest BCUT2D eigenvalue weighted by atomic mass is 16.5. The second kappa shape index (κ2) is 8.24. The number of likely N-dealkylation sites (tertiary alicyclic amines) is 1. The maximum Gasteiger partial charge on any atom is 0.227 e. The third kappa shape index (κ3) is 4.23. The van der Waals surface area contributed by atoms with Gasteiger partial charge in [0.1, 0.15) is 0 Å². The number of aromatic nitrogens is 2. The Kier molecular flexibility index (Phi) is 5.55. The predicted octanol–water partition coefficient (Wildman–Crippen LogP) is 4.02. The molecule has 27 heavy (non-hydrogen) atoms. The number of rotatable bonds is 5. The van der Waals surface area contributed by atoms with Gasteiger partial charge in [0.25, 0.3) is 0 Å². The summed E-state index contributed by atoms with van der Waals surface area (Å²) < 4.78 is 5.37. The maximum absolute atomic E-state index is 12.9. The molecule has 1 aliphatic carbocycles. The van der Waals surface area contributed by atoms with Gasteiger partial charge >= 0.3 is 0 Å². The third-order valence-electron chi connectivity index (χ3n) is 6.33. The van der Waals surface area contributed by atoms with Crippen molar-refractivity contribution in [2.45, 2.75) is 64.3 Å². The van der Waals surface area contributed by atoms with E-state index in [-0.39, 0.29) is 5.91 Å². The lowest BCUT2D eigenvalue weighted by atomic mass is 9.72. The van der Waals surface area contributed by atoms with Gasteiger partial charge in [0.15, 0.2) is 5.82 Å². The summed E-state index contributed by atoms with van der Waals surface area (Å²) >= 11 is 0. The van der Waals surface area contributed by atoms with Crippen LogP contribution in [0.5, 0.6) is 0 Å². The monoisotopic (exact) mass is 367 g/mol. The van der Waals surface area contributed by atoms with Crippen LogP contribution < -0.4 is 0 Å². The zero-order valence-electron chi connectivity index (χ0n) is 16.1. The molecule has 1 saturated heterocycles. The molecule has 144 valence electrons. The van der Waals surface area contributed by atoms with Gasteiger partial charge in [-0.2, -0.15) is 4.98 Å². The van der Waals surface area contributed by atoms with Crippen LogP contribution in [0, 0.1) is 11.8 Å².